The van der Waals surface area contributed by atoms with Crippen molar-refractivity contribution in [3.05, 3.63) is 108 Å². The van der Waals surface area contributed by atoms with E-state index in [4.69, 9.17) is 4.74 Å². The van der Waals surface area contributed by atoms with E-state index in [0.29, 0.717) is 11.4 Å². The summed E-state index contributed by atoms with van der Waals surface area (Å²) in [7, 11) is 0. The zero-order valence-electron chi connectivity index (χ0n) is 20.9. The number of aryl methyl sites for hydroxylation is 2. The summed E-state index contributed by atoms with van der Waals surface area (Å²) in [6, 6.07) is 27.8. The van der Waals surface area contributed by atoms with Gasteiger partial charge in [-0.1, -0.05) is 56.3 Å². The number of benzene rings is 3. The van der Waals surface area contributed by atoms with Crippen LogP contribution in [0.4, 0.5) is 11.5 Å². The molecule has 2 N–H and O–H groups in total. The Hall–Kier alpha value is -3.84. The molecule has 1 aromatic heterocycles. The molecule has 0 unspecified atom stereocenters. The fourth-order valence-electron chi connectivity index (χ4n) is 3.82. The highest BCUT2D eigenvalue weighted by Gasteiger charge is 2.22. The third kappa shape index (κ3) is 6.64. The molecule has 1 heterocycles. The normalized spacial score (nSPS) is 11.1. The van der Waals surface area contributed by atoms with Gasteiger partial charge in [-0.2, -0.15) is 0 Å². The van der Waals surface area contributed by atoms with Gasteiger partial charge in [-0.25, -0.2) is 9.97 Å². The lowest BCUT2D eigenvalue weighted by molar-refractivity contribution is -0.118. The molecule has 0 bridgehead atoms. The van der Waals surface area contributed by atoms with Crippen molar-refractivity contribution in [2.75, 3.05) is 16.6 Å². The van der Waals surface area contributed by atoms with E-state index in [-0.39, 0.29) is 17.9 Å². The zero-order valence-corrected chi connectivity index (χ0v) is 21.7. The van der Waals surface area contributed by atoms with Crippen LogP contribution in [0.25, 0.3) is 0 Å². The molecule has 36 heavy (non-hydrogen) atoms. The topological polar surface area (TPSA) is 76.1 Å². The van der Waals surface area contributed by atoms with Gasteiger partial charge >= 0.3 is 0 Å². The summed E-state index contributed by atoms with van der Waals surface area (Å²) in [4.78, 5) is 22.0. The zero-order chi connectivity index (χ0) is 25.5. The molecule has 7 heteroatoms. The van der Waals surface area contributed by atoms with Gasteiger partial charge in [-0.15, -0.1) is 0 Å². The molecule has 0 saturated carbocycles. The summed E-state index contributed by atoms with van der Waals surface area (Å²) in [5.41, 5.74) is 3.93. The van der Waals surface area contributed by atoms with Crippen molar-refractivity contribution < 1.29 is 9.53 Å². The van der Waals surface area contributed by atoms with Crippen LogP contribution < -0.4 is 14.8 Å². The largest absolute Gasteiger partial charge is 0.484 e. The van der Waals surface area contributed by atoms with E-state index in [0.717, 1.165) is 22.2 Å². The Balaban J connectivity index is 1.26. The smallest absolute Gasteiger partial charge is 0.262 e. The second kappa shape index (κ2) is 11.3. The number of carbonyl (C=O) groups excluding carboxylic acids is 1. The lowest BCUT2D eigenvalue weighted by Crippen LogP contribution is -2.20. The molecule has 0 aliphatic carbocycles. The monoisotopic (exact) mass is 498 g/mol. The number of hydrogen-bond acceptors (Lipinski definition) is 6. The SMILES string of the molecule is Cc1cc(NSc2ccc(NC(=O)COc3ccc(C(C)(C)c4ccccc4)cc3)cc2)nc(C)n1. The first-order chi connectivity index (χ1) is 17.3. The Labute approximate surface area is 216 Å². The predicted molar refractivity (Wildman–Crippen MR) is 147 cm³/mol. The number of amides is 1. The first-order valence-electron chi connectivity index (χ1n) is 11.7. The van der Waals surface area contributed by atoms with E-state index in [1.165, 1.54) is 23.1 Å². The molecule has 0 aliphatic heterocycles. The predicted octanol–water partition coefficient (Wildman–Crippen LogP) is 6.56. The van der Waals surface area contributed by atoms with Gasteiger partial charge in [-0.05, 0) is 73.3 Å². The molecule has 0 radical (unpaired) electrons. The van der Waals surface area contributed by atoms with Gasteiger partial charge in [0.1, 0.15) is 17.4 Å². The lowest BCUT2D eigenvalue weighted by atomic mass is 9.78. The molecule has 184 valence electrons. The van der Waals surface area contributed by atoms with Crippen LogP contribution in [0.1, 0.15) is 36.5 Å². The van der Waals surface area contributed by atoms with Crippen molar-refractivity contribution in [3.8, 4) is 5.75 Å². The molecule has 6 nitrogen and oxygen atoms in total. The number of anilines is 2. The van der Waals surface area contributed by atoms with Gasteiger partial charge in [0.05, 0.1) is 0 Å². The highest BCUT2D eigenvalue weighted by atomic mass is 32.2. The van der Waals surface area contributed by atoms with Crippen molar-refractivity contribution in [3.63, 3.8) is 0 Å². The van der Waals surface area contributed by atoms with Gasteiger partial charge in [0.15, 0.2) is 6.61 Å². The summed E-state index contributed by atoms with van der Waals surface area (Å²) in [5.74, 6) is 1.93. The van der Waals surface area contributed by atoms with E-state index in [1.54, 1.807) is 0 Å². The average Bonchev–Trinajstić information content (AvgIpc) is 2.87. The fourth-order valence-corrected chi connectivity index (χ4v) is 4.42. The van der Waals surface area contributed by atoms with Crippen LogP contribution in [0.15, 0.2) is 89.8 Å². The standard InChI is InChI=1S/C29H30N4O2S/c1-20-18-27(31-21(2)30-20)33-36-26-16-12-24(13-17-26)32-28(34)19-35-25-14-10-23(11-15-25)29(3,4)22-8-6-5-7-9-22/h5-18H,19H2,1-4H3,(H,32,34)(H,30,31,33). The van der Waals surface area contributed by atoms with Gasteiger partial charge < -0.3 is 14.8 Å². The third-order valence-corrected chi connectivity index (χ3v) is 6.64. The van der Waals surface area contributed by atoms with Crippen LogP contribution in [-0.2, 0) is 10.2 Å². The summed E-state index contributed by atoms with van der Waals surface area (Å²) in [6.07, 6.45) is 0. The summed E-state index contributed by atoms with van der Waals surface area (Å²) in [5, 5.41) is 2.87. The third-order valence-electron chi connectivity index (χ3n) is 5.82. The van der Waals surface area contributed by atoms with E-state index < -0.39 is 0 Å². The van der Waals surface area contributed by atoms with E-state index >= 15 is 0 Å². The molecule has 0 saturated heterocycles. The number of nitrogens with one attached hydrogen (secondary N) is 2. The minimum Gasteiger partial charge on any atom is -0.484 e. The van der Waals surface area contributed by atoms with Crippen molar-refractivity contribution in [1.29, 1.82) is 0 Å². The van der Waals surface area contributed by atoms with E-state index in [9.17, 15) is 4.79 Å². The molecule has 0 aliphatic rings. The molecule has 0 spiro atoms. The van der Waals surface area contributed by atoms with Crippen LogP contribution in [0.5, 0.6) is 5.75 Å². The number of ether oxygens (including phenoxy) is 1. The van der Waals surface area contributed by atoms with Crippen molar-refractivity contribution in [2.24, 2.45) is 0 Å². The number of rotatable bonds is 9. The Morgan fingerprint density at radius 3 is 2.22 bits per heavy atom. The van der Waals surface area contributed by atoms with Crippen LogP contribution in [0, 0.1) is 13.8 Å². The minimum atomic E-state index is -0.214. The molecule has 4 aromatic rings. The molecular weight excluding hydrogens is 468 g/mol. The van der Waals surface area contributed by atoms with Crippen LogP contribution >= 0.6 is 11.9 Å². The van der Waals surface area contributed by atoms with Gasteiger partial charge in [0.25, 0.3) is 5.91 Å². The van der Waals surface area contributed by atoms with Crippen molar-refractivity contribution in [1.82, 2.24) is 9.97 Å². The molecule has 1 amide bonds. The molecule has 3 aromatic carbocycles. The number of carbonyl (C=O) groups is 1. The Kier molecular flexibility index (Phi) is 7.90. The van der Waals surface area contributed by atoms with E-state index in [2.05, 4.69) is 70.3 Å². The lowest BCUT2D eigenvalue weighted by Gasteiger charge is -2.26. The van der Waals surface area contributed by atoms with Crippen LogP contribution in [0.2, 0.25) is 0 Å². The van der Waals surface area contributed by atoms with Gasteiger partial charge in [0, 0.05) is 27.8 Å². The minimum absolute atomic E-state index is 0.0636. The Morgan fingerprint density at radius 2 is 1.56 bits per heavy atom. The Morgan fingerprint density at radius 1 is 0.889 bits per heavy atom. The van der Waals surface area contributed by atoms with Gasteiger partial charge in [0.2, 0.25) is 0 Å². The van der Waals surface area contributed by atoms with Crippen molar-refractivity contribution in [2.45, 2.75) is 38.0 Å². The second-order valence-electron chi connectivity index (χ2n) is 9.02. The Bertz CT molecular complexity index is 1290. The first-order valence-corrected chi connectivity index (χ1v) is 12.6. The number of aromatic nitrogens is 2. The molecule has 0 atom stereocenters. The molecule has 4 rings (SSSR count). The number of nitrogens with zero attached hydrogens (tertiary/aromatic N) is 2. The second-order valence-corrected chi connectivity index (χ2v) is 9.90. The molecule has 0 fully saturated rings. The molecular formula is C29H30N4O2S. The van der Waals surface area contributed by atoms with E-state index in [1.807, 2.05) is 62.4 Å². The quantitative estimate of drug-likeness (QED) is 0.255. The maximum Gasteiger partial charge on any atom is 0.262 e. The highest BCUT2D eigenvalue weighted by molar-refractivity contribution is 8.00. The maximum atomic E-state index is 12.4. The fraction of sp³-hybridized carbons (Fsp3) is 0.207. The highest BCUT2D eigenvalue weighted by Crippen LogP contribution is 2.32. The van der Waals surface area contributed by atoms with Crippen LogP contribution in [-0.4, -0.2) is 22.5 Å². The summed E-state index contributed by atoms with van der Waals surface area (Å²) >= 11 is 1.45. The number of hydrogen-bond donors (Lipinski definition) is 2. The first kappa shape index (κ1) is 25.3. The van der Waals surface area contributed by atoms with Gasteiger partial charge in [-0.3, -0.25) is 4.79 Å². The van der Waals surface area contributed by atoms with Crippen LogP contribution in [0.3, 0.4) is 0 Å². The van der Waals surface area contributed by atoms with Crippen molar-refractivity contribution >= 4 is 29.4 Å². The maximum absolute atomic E-state index is 12.4. The summed E-state index contributed by atoms with van der Waals surface area (Å²) < 4.78 is 8.93. The summed E-state index contributed by atoms with van der Waals surface area (Å²) in [6.45, 7) is 8.14. The average molecular weight is 499 g/mol.